The van der Waals surface area contributed by atoms with E-state index in [0.29, 0.717) is 18.2 Å². The van der Waals surface area contributed by atoms with Gasteiger partial charge in [0.1, 0.15) is 36.0 Å². The van der Waals surface area contributed by atoms with Gasteiger partial charge in [0, 0.05) is 29.0 Å². The minimum Gasteiger partial charge on any atom is -0.489 e. The third kappa shape index (κ3) is 5.09. The predicted molar refractivity (Wildman–Crippen MR) is 148 cm³/mol. The summed E-state index contributed by atoms with van der Waals surface area (Å²) in [6.45, 7) is 0.522. The summed E-state index contributed by atoms with van der Waals surface area (Å²) < 4.78 is 12.0. The standard InChI is InChI=1S/C31H25N5O2/c32-30(23-7-4-16-33-18-23)29-15-14-28(38-29)22-8-13-27-26(17-22)31(35-20-34-27)36-24-9-11-25(12-10-24)37-19-21-5-2-1-3-6-21/h1-18,20,30H,19,32H2,(H,34,35,36). The Balaban J connectivity index is 1.21. The van der Waals surface area contributed by atoms with Gasteiger partial charge in [-0.25, -0.2) is 9.97 Å². The van der Waals surface area contributed by atoms with Crippen molar-refractivity contribution in [2.45, 2.75) is 12.6 Å². The fourth-order valence-corrected chi connectivity index (χ4v) is 4.22. The van der Waals surface area contributed by atoms with Crippen LogP contribution in [0.2, 0.25) is 0 Å². The first-order chi connectivity index (χ1) is 18.7. The normalized spacial score (nSPS) is 11.8. The van der Waals surface area contributed by atoms with Crippen molar-refractivity contribution >= 4 is 22.4 Å². The number of fused-ring (bicyclic) bond motifs is 1. The number of rotatable bonds is 8. The molecule has 1 atom stereocenters. The van der Waals surface area contributed by atoms with Crippen LogP contribution in [-0.2, 0) is 6.61 Å². The van der Waals surface area contributed by atoms with Crippen molar-refractivity contribution in [3.05, 3.63) is 133 Å². The van der Waals surface area contributed by atoms with E-state index in [9.17, 15) is 0 Å². The number of pyridine rings is 1. The second-order valence-electron chi connectivity index (χ2n) is 8.84. The molecule has 1 unspecified atom stereocenters. The lowest BCUT2D eigenvalue weighted by molar-refractivity contribution is 0.306. The number of benzene rings is 3. The molecule has 6 aromatic rings. The van der Waals surface area contributed by atoms with Crippen LogP contribution in [0.25, 0.3) is 22.2 Å². The lowest BCUT2D eigenvalue weighted by Gasteiger charge is -2.11. The van der Waals surface area contributed by atoms with Crippen LogP contribution in [0.3, 0.4) is 0 Å². The van der Waals surface area contributed by atoms with E-state index in [1.54, 1.807) is 18.7 Å². The fraction of sp³-hybridized carbons (Fsp3) is 0.0645. The van der Waals surface area contributed by atoms with Gasteiger partial charge in [-0.15, -0.1) is 0 Å². The number of hydrogen-bond acceptors (Lipinski definition) is 7. The largest absolute Gasteiger partial charge is 0.489 e. The van der Waals surface area contributed by atoms with Gasteiger partial charge in [0.05, 0.1) is 11.6 Å². The Kier molecular flexibility index (Phi) is 6.49. The number of anilines is 2. The van der Waals surface area contributed by atoms with E-state index in [-0.39, 0.29) is 0 Å². The fourth-order valence-electron chi connectivity index (χ4n) is 4.22. The van der Waals surface area contributed by atoms with E-state index in [4.69, 9.17) is 14.9 Å². The van der Waals surface area contributed by atoms with E-state index < -0.39 is 6.04 Å². The summed E-state index contributed by atoms with van der Waals surface area (Å²) in [7, 11) is 0. The Morgan fingerprint density at radius 1 is 0.868 bits per heavy atom. The van der Waals surface area contributed by atoms with Gasteiger partial charge < -0.3 is 20.2 Å². The quantitative estimate of drug-likeness (QED) is 0.242. The first-order valence-electron chi connectivity index (χ1n) is 12.3. The molecule has 3 aromatic heterocycles. The van der Waals surface area contributed by atoms with Gasteiger partial charge in [-0.3, -0.25) is 4.98 Å². The molecular weight excluding hydrogens is 474 g/mol. The lowest BCUT2D eigenvalue weighted by atomic mass is 10.1. The molecule has 0 aliphatic rings. The first-order valence-corrected chi connectivity index (χ1v) is 12.3. The minimum absolute atomic E-state index is 0.391. The molecule has 3 heterocycles. The predicted octanol–water partition coefficient (Wildman–Crippen LogP) is 6.66. The number of hydrogen-bond donors (Lipinski definition) is 2. The number of furan rings is 1. The number of nitrogens with zero attached hydrogens (tertiary/aromatic N) is 3. The summed E-state index contributed by atoms with van der Waals surface area (Å²) in [4.78, 5) is 13.1. The monoisotopic (exact) mass is 499 g/mol. The zero-order valence-corrected chi connectivity index (χ0v) is 20.5. The van der Waals surface area contributed by atoms with Crippen molar-refractivity contribution in [1.29, 1.82) is 0 Å². The zero-order valence-electron chi connectivity index (χ0n) is 20.5. The zero-order chi connectivity index (χ0) is 25.7. The first kappa shape index (κ1) is 23.4. The lowest BCUT2D eigenvalue weighted by Crippen LogP contribution is -2.10. The molecule has 0 spiro atoms. The molecule has 7 heteroatoms. The Morgan fingerprint density at radius 2 is 1.74 bits per heavy atom. The van der Waals surface area contributed by atoms with Crippen LogP contribution in [0.4, 0.5) is 11.5 Å². The Morgan fingerprint density at radius 3 is 2.55 bits per heavy atom. The highest BCUT2D eigenvalue weighted by atomic mass is 16.5. The van der Waals surface area contributed by atoms with Gasteiger partial charge in [-0.05, 0) is 71.8 Å². The van der Waals surface area contributed by atoms with Crippen LogP contribution in [0.15, 0.2) is 120 Å². The summed E-state index contributed by atoms with van der Waals surface area (Å²) in [6, 6.07) is 31.1. The van der Waals surface area contributed by atoms with E-state index in [1.165, 1.54) is 0 Å². The van der Waals surface area contributed by atoms with Gasteiger partial charge in [-0.2, -0.15) is 0 Å². The number of aromatic nitrogens is 3. The molecule has 0 bridgehead atoms. The summed E-state index contributed by atoms with van der Waals surface area (Å²) in [6.07, 6.45) is 5.03. The number of nitrogens with one attached hydrogen (secondary N) is 1. The average molecular weight is 500 g/mol. The number of nitrogens with two attached hydrogens (primary N) is 1. The van der Waals surface area contributed by atoms with Gasteiger partial charge in [0.15, 0.2) is 0 Å². The van der Waals surface area contributed by atoms with Crippen LogP contribution in [0.5, 0.6) is 5.75 Å². The topological polar surface area (TPSA) is 99.1 Å². The molecule has 38 heavy (non-hydrogen) atoms. The number of ether oxygens (including phenoxy) is 1. The van der Waals surface area contributed by atoms with E-state index in [0.717, 1.165) is 44.8 Å². The van der Waals surface area contributed by atoms with Gasteiger partial charge in [-0.1, -0.05) is 36.4 Å². The molecular formula is C31H25N5O2. The van der Waals surface area contributed by atoms with Crippen LogP contribution >= 0.6 is 0 Å². The van der Waals surface area contributed by atoms with Crippen LogP contribution < -0.4 is 15.8 Å². The highest BCUT2D eigenvalue weighted by molar-refractivity contribution is 5.93. The Labute approximate surface area is 220 Å². The molecule has 0 radical (unpaired) electrons. The van der Waals surface area contributed by atoms with Crippen molar-refractivity contribution in [1.82, 2.24) is 15.0 Å². The summed E-state index contributed by atoms with van der Waals surface area (Å²) >= 11 is 0. The van der Waals surface area contributed by atoms with Crippen molar-refractivity contribution in [2.75, 3.05) is 5.32 Å². The Hall–Kier alpha value is -5.01. The summed E-state index contributed by atoms with van der Waals surface area (Å²) in [5, 5.41) is 4.29. The van der Waals surface area contributed by atoms with Gasteiger partial charge in [0.25, 0.3) is 0 Å². The minimum atomic E-state index is -0.391. The molecule has 0 saturated carbocycles. The van der Waals surface area contributed by atoms with E-state index in [1.807, 2.05) is 97.1 Å². The Bertz CT molecular complexity index is 1650. The highest BCUT2D eigenvalue weighted by Crippen LogP contribution is 2.32. The van der Waals surface area contributed by atoms with Crippen LogP contribution in [0.1, 0.15) is 22.9 Å². The maximum Gasteiger partial charge on any atom is 0.141 e. The van der Waals surface area contributed by atoms with E-state index in [2.05, 4.69) is 20.3 Å². The SMILES string of the molecule is NC(c1cccnc1)c1ccc(-c2ccc3ncnc(Nc4ccc(OCc5ccccc5)cc4)c3c2)o1. The van der Waals surface area contributed by atoms with Crippen molar-refractivity contribution in [3.8, 4) is 17.1 Å². The smallest absolute Gasteiger partial charge is 0.141 e. The van der Waals surface area contributed by atoms with Crippen LogP contribution in [0, 0.1) is 0 Å². The van der Waals surface area contributed by atoms with Crippen LogP contribution in [-0.4, -0.2) is 15.0 Å². The van der Waals surface area contributed by atoms with Gasteiger partial charge in [0.2, 0.25) is 0 Å². The van der Waals surface area contributed by atoms with Crippen molar-refractivity contribution in [2.24, 2.45) is 5.73 Å². The summed E-state index contributed by atoms with van der Waals surface area (Å²) in [5.74, 6) is 2.89. The molecule has 0 aliphatic heterocycles. The molecule has 0 saturated heterocycles. The molecule has 0 aliphatic carbocycles. The third-order valence-corrected chi connectivity index (χ3v) is 6.26. The van der Waals surface area contributed by atoms with E-state index >= 15 is 0 Å². The van der Waals surface area contributed by atoms with Crippen molar-refractivity contribution < 1.29 is 9.15 Å². The highest BCUT2D eigenvalue weighted by Gasteiger charge is 2.15. The maximum atomic E-state index is 6.39. The molecule has 7 nitrogen and oxygen atoms in total. The van der Waals surface area contributed by atoms with Crippen molar-refractivity contribution in [3.63, 3.8) is 0 Å². The molecule has 3 N–H and O–H groups in total. The average Bonchev–Trinajstić information content (AvgIpc) is 3.48. The summed E-state index contributed by atoms with van der Waals surface area (Å²) in [5.41, 5.74) is 11.0. The van der Waals surface area contributed by atoms with Gasteiger partial charge >= 0.3 is 0 Å². The molecule has 3 aromatic carbocycles. The second-order valence-corrected chi connectivity index (χ2v) is 8.84. The maximum absolute atomic E-state index is 6.39. The molecule has 6 rings (SSSR count). The third-order valence-electron chi connectivity index (χ3n) is 6.26. The molecule has 186 valence electrons. The molecule has 0 amide bonds. The second kappa shape index (κ2) is 10.5. The molecule has 0 fully saturated rings.